The summed E-state index contributed by atoms with van der Waals surface area (Å²) in [5, 5.41) is 7.76. The Labute approximate surface area is 410 Å². The summed E-state index contributed by atoms with van der Waals surface area (Å²) in [7, 11) is 4.15. The quantitative estimate of drug-likeness (QED) is 0.0893. The molecule has 2 aliphatic heterocycles. The molecule has 3 aromatic carbocycles. The number of nitrogens with zero attached hydrogens (tertiary/aromatic N) is 4. The second-order valence-electron chi connectivity index (χ2n) is 21.6. The molecule has 4 N–H and O–H groups in total. The van der Waals surface area contributed by atoms with Crippen LogP contribution in [-0.2, 0) is 23.8 Å². The third-order valence-electron chi connectivity index (χ3n) is 16.8. The van der Waals surface area contributed by atoms with Gasteiger partial charge < -0.3 is 44.6 Å². The first-order chi connectivity index (χ1) is 33.7. The average molecular weight is 953 g/mol. The molecule has 4 amide bonds. The van der Waals surface area contributed by atoms with E-state index in [0.29, 0.717) is 12.5 Å². The Morgan fingerprint density at radius 3 is 2.01 bits per heavy atom. The lowest BCUT2D eigenvalue weighted by atomic mass is 9.82. The topological polar surface area (TPSA) is 184 Å². The number of methoxy groups -OCH3 is 3. The Hall–Kier alpha value is -6.22. The summed E-state index contributed by atoms with van der Waals surface area (Å²) in [4.78, 5) is 74.4. The van der Waals surface area contributed by atoms with Crippen LogP contribution < -0.4 is 10.6 Å². The number of hydrogen-bond donors (Lipinski definition) is 4. The number of carbonyl (C=O) groups is 4. The van der Waals surface area contributed by atoms with E-state index in [-0.39, 0.29) is 47.2 Å². The van der Waals surface area contributed by atoms with E-state index in [0.717, 1.165) is 94.1 Å². The Morgan fingerprint density at radius 2 is 1.33 bits per heavy atom. The first kappa shape index (κ1) is 47.5. The molecule has 8 atom stereocenters. The minimum absolute atomic E-state index is 0.0541. The van der Waals surface area contributed by atoms with Crippen molar-refractivity contribution in [3.63, 3.8) is 0 Å². The Morgan fingerprint density at radius 1 is 0.714 bits per heavy atom. The maximum atomic E-state index is 14.4. The van der Waals surface area contributed by atoms with Crippen LogP contribution in [0.15, 0.2) is 73.1 Å². The Bertz CT molecular complexity index is 2760. The molecule has 4 heterocycles. The highest BCUT2D eigenvalue weighted by molar-refractivity contribution is 5.91. The van der Waals surface area contributed by atoms with Crippen molar-refractivity contribution >= 4 is 34.8 Å². The van der Waals surface area contributed by atoms with E-state index >= 15 is 0 Å². The molecule has 5 fully saturated rings. The van der Waals surface area contributed by atoms with Crippen LogP contribution in [-0.4, -0.2) is 105 Å². The molecule has 370 valence electrons. The molecule has 2 aromatic heterocycles. The predicted octanol–water partition coefficient (Wildman–Crippen LogP) is 9.73. The van der Waals surface area contributed by atoms with E-state index in [1.54, 1.807) is 13.8 Å². The van der Waals surface area contributed by atoms with Gasteiger partial charge in [-0.05, 0) is 115 Å². The van der Waals surface area contributed by atoms with Crippen molar-refractivity contribution in [2.24, 2.45) is 29.1 Å². The molecule has 70 heavy (non-hydrogen) atoms. The van der Waals surface area contributed by atoms with Crippen molar-refractivity contribution in [3.05, 3.63) is 84.7 Å². The van der Waals surface area contributed by atoms with Crippen molar-refractivity contribution in [1.82, 2.24) is 40.4 Å². The van der Waals surface area contributed by atoms with Gasteiger partial charge in [0.25, 0.3) is 0 Å². The van der Waals surface area contributed by atoms with Crippen LogP contribution in [0.3, 0.4) is 0 Å². The van der Waals surface area contributed by atoms with Gasteiger partial charge in [-0.3, -0.25) is 9.59 Å². The third kappa shape index (κ3) is 8.83. The third-order valence-corrected chi connectivity index (χ3v) is 16.8. The summed E-state index contributed by atoms with van der Waals surface area (Å²) in [6.07, 6.45) is 13.7. The van der Waals surface area contributed by atoms with Crippen LogP contribution in [0.25, 0.3) is 44.4 Å². The van der Waals surface area contributed by atoms with E-state index in [1.807, 2.05) is 36.0 Å². The lowest BCUT2D eigenvalue weighted by molar-refractivity contribution is -0.145. The number of aromatic nitrogens is 4. The molecule has 15 nitrogen and oxygen atoms in total. The van der Waals surface area contributed by atoms with Crippen LogP contribution >= 0.6 is 0 Å². The molecule has 5 aromatic rings. The average Bonchev–Trinajstić information content (AvgIpc) is 4.08. The molecular formula is C55H68N8O7. The van der Waals surface area contributed by atoms with E-state index in [2.05, 4.69) is 81.3 Å². The molecule has 15 heteroatoms. The van der Waals surface area contributed by atoms with Crippen LogP contribution in [0.5, 0.6) is 0 Å². The van der Waals surface area contributed by atoms with Crippen LogP contribution in [0.4, 0.5) is 9.59 Å². The lowest BCUT2D eigenvalue weighted by Crippen LogP contribution is -2.60. The number of carbonyl (C=O) groups excluding carboxylic acids is 4. The van der Waals surface area contributed by atoms with Crippen molar-refractivity contribution < 1.29 is 33.4 Å². The number of benzene rings is 3. The summed E-state index contributed by atoms with van der Waals surface area (Å²) in [5.74, 6) is 2.73. The zero-order valence-electron chi connectivity index (χ0n) is 41.5. The fraction of sp³-hybridized carbons (Fsp3) is 0.527. The molecule has 2 unspecified atom stereocenters. The number of hydrogen-bond acceptors (Lipinski definition) is 9. The van der Waals surface area contributed by atoms with E-state index in [4.69, 9.17) is 24.2 Å². The number of piperidine rings is 1. The molecule has 0 radical (unpaired) electrons. The summed E-state index contributed by atoms with van der Waals surface area (Å²) >= 11 is 0. The smallest absolute Gasteiger partial charge is 0.407 e. The largest absolute Gasteiger partial charge is 0.453 e. The summed E-state index contributed by atoms with van der Waals surface area (Å²) in [5.41, 5.74) is 5.07. The normalized spacial score (nSPS) is 25.1. The van der Waals surface area contributed by atoms with Crippen molar-refractivity contribution in [1.29, 1.82) is 0 Å². The number of likely N-dealkylation sites (tertiary alicyclic amines) is 2. The van der Waals surface area contributed by atoms with Gasteiger partial charge in [0.05, 0.1) is 55.7 Å². The zero-order valence-corrected chi connectivity index (χ0v) is 41.5. The molecule has 5 aliphatic rings. The molecule has 10 rings (SSSR count). The highest BCUT2D eigenvalue weighted by atomic mass is 16.5. The maximum Gasteiger partial charge on any atom is 0.407 e. The number of amides is 4. The number of H-pyrrole nitrogens is 2. The van der Waals surface area contributed by atoms with Gasteiger partial charge in [0.2, 0.25) is 11.8 Å². The van der Waals surface area contributed by atoms with Crippen molar-refractivity contribution in [3.8, 4) is 33.6 Å². The van der Waals surface area contributed by atoms with E-state index < -0.39 is 29.9 Å². The van der Waals surface area contributed by atoms with Gasteiger partial charge in [0.1, 0.15) is 23.7 Å². The van der Waals surface area contributed by atoms with Gasteiger partial charge in [0.15, 0.2) is 0 Å². The number of alkyl carbamates (subject to hydrolysis) is 2. The molecule has 1 spiro atoms. The van der Waals surface area contributed by atoms with E-state index in [9.17, 15) is 19.2 Å². The molecule has 2 saturated heterocycles. The Balaban J connectivity index is 0.844. The van der Waals surface area contributed by atoms with Gasteiger partial charge in [-0.2, -0.15) is 0 Å². The summed E-state index contributed by atoms with van der Waals surface area (Å²) < 4.78 is 15.5. The Kier molecular flexibility index (Phi) is 12.8. The monoisotopic (exact) mass is 953 g/mol. The standard InChI is InChI=1S/C55H68N8O7/c1-31(2)45(60-52(66)68-5)50(64)62-30-55(26-41(55)33-11-9-8-10-12-33)27-44(62)48-56-28-42(58-48)34-15-13-32(14-16-34)35-17-18-37-24-38(20-19-36(37)23-35)43-29-57-49(59-43)46-39-21-22-40(25-39)63(46)51(65)47(54(3,4)70-7)61-53(67)69-6/h13-20,23-24,28-29,31,33,39-41,44-47H,8-12,21-22,25-27,30H2,1-7H3,(H,56,58)(H,57,59)(H,60,66)(H,61,67)/t39-,40+,41?,44-,45-,46-,47+,55?/m0/s1. The predicted molar refractivity (Wildman–Crippen MR) is 266 cm³/mol. The number of ether oxygens (including phenoxy) is 3. The minimum Gasteiger partial charge on any atom is -0.453 e. The lowest BCUT2D eigenvalue weighted by Gasteiger charge is -2.40. The van der Waals surface area contributed by atoms with Crippen LogP contribution in [0.2, 0.25) is 0 Å². The highest BCUT2D eigenvalue weighted by Crippen LogP contribution is 2.67. The summed E-state index contributed by atoms with van der Waals surface area (Å²) in [6.45, 7) is 8.18. The molecule has 2 bridgehead atoms. The van der Waals surface area contributed by atoms with Crippen molar-refractivity contribution in [2.75, 3.05) is 27.9 Å². The van der Waals surface area contributed by atoms with Gasteiger partial charge >= 0.3 is 12.2 Å². The maximum absolute atomic E-state index is 14.4. The SMILES string of the molecule is COC(=O)N[C@H](C(=O)N1CC2(CC2C2CCCCC2)C[C@H]1c1ncc(-c2ccc(-c3ccc4cc(-c5cnc([C@@H]6[C@H]7CC[C@H](C7)N6C(=O)[C@@H](NC(=O)OC)C(C)(C)OC)[nH]5)ccc4c3)cc2)[nH]1)C(C)C. The highest BCUT2D eigenvalue weighted by Gasteiger charge is 2.64. The second-order valence-corrected chi connectivity index (χ2v) is 21.6. The summed E-state index contributed by atoms with van der Waals surface area (Å²) in [6, 6.07) is 19.3. The number of aromatic amines is 2. The van der Waals surface area contributed by atoms with Crippen LogP contribution in [0.1, 0.15) is 116 Å². The fourth-order valence-corrected chi connectivity index (χ4v) is 12.7. The van der Waals surface area contributed by atoms with Gasteiger partial charge in [-0.25, -0.2) is 19.6 Å². The van der Waals surface area contributed by atoms with Gasteiger partial charge in [-0.1, -0.05) is 94.5 Å². The second kappa shape index (κ2) is 18.8. The van der Waals surface area contributed by atoms with E-state index in [1.165, 1.54) is 53.4 Å². The number of nitrogens with one attached hydrogen (secondary N) is 4. The van der Waals surface area contributed by atoms with Crippen LogP contribution in [0, 0.1) is 29.1 Å². The molecule has 3 saturated carbocycles. The van der Waals surface area contributed by atoms with Gasteiger partial charge in [0, 0.05) is 25.3 Å². The minimum atomic E-state index is -0.974. The van der Waals surface area contributed by atoms with Gasteiger partial charge in [-0.15, -0.1) is 0 Å². The first-order valence-corrected chi connectivity index (χ1v) is 25.3. The first-order valence-electron chi connectivity index (χ1n) is 25.3. The number of imidazole rings is 2. The van der Waals surface area contributed by atoms with Crippen molar-refractivity contribution in [2.45, 2.75) is 128 Å². The number of rotatable bonds is 13. The zero-order chi connectivity index (χ0) is 49.1. The fourth-order valence-electron chi connectivity index (χ4n) is 12.7. The molecular weight excluding hydrogens is 885 g/mol. The number of fused-ring (bicyclic) bond motifs is 3. The molecule has 3 aliphatic carbocycles.